The molecule has 0 amide bonds. The molecule has 3 rings (SSSR count). The van der Waals surface area contributed by atoms with Gasteiger partial charge in [-0.25, -0.2) is 9.37 Å². The number of unbranched alkanes of at least 4 members (excludes halogenated alkanes) is 1. The Kier molecular flexibility index (Phi) is 5.77. The maximum Gasteiger partial charge on any atom is 0.225 e. The van der Waals surface area contributed by atoms with E-state index in [0.29, 0.717) is 5.95 Å². The summed E-state index contributed by atoms with van der Waals surface area (Å²) in [6.45, 7) is 3.75. The van der Waals surface area contributed by atoms with Gasteiger partial charge in [-0.1, -0.05) is 37.6 Å². The van der Waals surface area contributed by atoms with Crippen LogP contribution in [0.25, 0.3) is 10.9 Å². The molecule has 5 heteroatoms. The molecule has 3 aromatic rings. The van der Waals surface area contributed by atoms with E-state index in [0.717, 1.165) is 54.6 Å². The van der Waals surface area contributed by atoms with E-state index in [4.69, 9.17) is 0 Å². The summed E-state index contributed by atoms with van der Waals surface area (Å²) in [4.78, 5) is 9.20. The largest absolute Gasteiger partial charge is 0.369 e. The molecule has 2 aromatic carbocycles. The van der Waals surface area contributed by atoms with Gasteiger partial charge in [0, 0.05) is 18.5 Å². The molecule has 0 unspecified atom stereocenters. The monoisotopic (exact) mass is 338 g/mol. The van der Waals surface area contributed by atoms with Gasteiger partial charge >= 0.3 is 0 Å². The lowest BCUT2D eigenvalue weighted by molar-refractivity contribution is 0.627. The first-order chi connectivity index (χ1) is 12.3. The molecule has 0 aliphatic carbocycles. The van der Waals surface area contributed by atoms with Crippen molar-refractivity contribution in [3.8, 4) is 0 Å². The second kappa shape index (κ2) is 8.42. The van der Waals surface area contributed by atoms with Crippen LogP contribution < -0.4 is 10.6 Å². The first-order valence-electron chi connectivity index (χ1n) is 8.75. The smallest absolute Gasteiger partial charge is 0.225 e. The molecule has 0 fully saturated rings. The number of anilines is 2. The van der Waals surface area contributed by atoms with Crippen LogP contribution in [0, 0.1) is 5.82 Å². The van der Waals surface area contributed by atoms with Crippen LogP contribution in [0.5, 0.6) is 0 Å². The van der Waals surface area contributed by atoms with E-state index in [1.165, 1.54) is 12.1 Å². The average Bonchev–Trinajstić information content (AvgIpc) is 2.63. The Morgan fingerprint density at radius 2 is 1.72 bits per heavy atom. The Morgan fingerprint density at radius 3 is 2.52 bits per heavy atom. The lowest BCUT2D eigenvalue weighted by atomic mass is 10.1. The zero-order valence-corrected chi connectivity index (χ0v) is 14.4. The minimum Gasteiger partial charge on any atom is -0.369 e. The number of fused-ring (bicyclic) bond motifs is 1. The predicted octanol–water partition coefficient (Wildman–Crippen LogP) is 4.64. The second-order valence-electron chi connectivity index (χ2n) is 6.00. The Bertz CT molecular complexity index is 818. The van der Waals surface area contributed by atoms with Crippen LogP contribution in [0.1, 0.15) is 25.3 Å². The fraction of sp³-hybridized carbons (Fsp3) is 0.300. The Balaban J connectivity index is 1.72. The second-order valence-corrected chi connectivity index (χ2v) is 6.00. The number of hydrogen-bond acceptors (Lipinski definition) is 4. The van der Waals surface area contributed by atoms with Gasteiger partial charge in [0.2, 0.25) is 5.95 Å². The van der Waals surface area contributed by atoms with Gasteiger partial charge < -0.3 is 10.6 Å². The SMILES string of the molecule is CCCCNc1nc(NCCc2ccc(F)cc2)c2ccccc2n1. The minimum atomic E-state index is -0.207. The van der Waals surface area contributed by atoms with Gasteiger partial charge in [0.05, 0.1) is 5.52 Å². The van der Waals surface area contributed by atoms with E-state index in [1.807, 2.05) is 36.4 Å². The normalized spacial score (nSPS) is 10.8. The molecule has 1 aromatic heterocycles. The van der Waals surface area contributed by atoms with E-state index in [9.17, 15) is 4.39 Å². The van der Waals surface area contributed by atoms with Gasteiger partial charge in [-0.05, 0) is 42.7 Å². The number of para-hydroxylation sites is 1. The Hall–Kier alpha value is -2.69. The van der Waals surface area contributed by atoms with E-state index in [-0.39, 0.29) is 5.82 Å². The van der Waals surface area contributed by atoms with Crippen molar-refractivity contribution in [1.29, 1.82) is 0 Å². The summed E-state index contributed by atoms with van der Waals surface area (Å²) < 4.78 is 13.0. The lowest BCUT2D eigenvalue weighted by Crippen LogP contribution is -2.10. The predicted molar refractivity (Wildman–Crippen MR) is 102 cm³/mol. The topological polar surface area (TPSA) is 49.8 Å². The molecule has 0 radical (unpaired) electrons. The number of hydrogen-bond donors (Lipinski definition) is 2. The van der Waals surface area contributed by atoms with Crippen LogP contribution in [-0.2, 0) is 6.42 Å². The summed E-state index contributed by atoms with van der Waals surface area (Å²) >= 11 is 0. The third kappa shape index (κ3) is 4.66. The number of aromatic nitrogens is 2. The molecule has 130 valence electrons. The molecule has 0 spiro atoms. The van der Waals surface area contributed by atoms with E-state index in [2.05, 4.69) is 27.5 Å². The average molecular weight is 338 g/mol. The highest BCUT2D eigenvalue weighted by Gasteiger charge is 2.07. The van der Waals surface area contributed by atoms with Gasteiger partial charge in [0.25, 0.3) is 0 Å². The zero-order chi connectivity index (χ0) is 17.5. The Labute approximate surface area is 147 Å². The van der Waals surface area contributed by atoms with Gasteiger partial charge in [-0.3, -0.25) is 0 Å². The highest BCUT2D eigenvalue weighted by Crippen LogP contribution is 2.21. The summed E-state index contributed by atoms with van der Waals surface area (Å²) in [5, 5.41) is 7.69. The summed E-state index contributed by atoms with van der Waals surface area (Å²) in [5.41, 5.74) is 2.01. The summed E-state index contributed by atoms with van der Waals surface area (Å²) in [6.07, 6.45) is 3.02. The number of halogens is 1. The molecule has 1 heterocycles. The van der Waals surface area contributed by atoms with E-state index < -0.39 is 0 Å². The van der Waals surface area contributed by atoms with Crippen LogP contribution in [0.3, 0.4) is 0 Å². The quantitative estimate of drug-likeness (QED) is 0.588. The number of nitrogens with one attached hydrogen (secondary N) is 2. The summed E-state index contributed by atoms with van der Waals surface area (Å²) in [6, 6.07) is 14.6. The number of rotatable bonds is 8. The molecule has 0 aliphatic rings. The molecule has 2 N–H and O–H groups in total. The molecular weight excluding hydrogens is 315 g/mol. The van der Waals surface area contributed by atoms with Gasteiger partial charge in [0.15, 0.2) is 0 Å². The van der Waals surface area contributed by atoms with Crippen LogP contribution in [0.15, 0.2) is 48.5 Å². The standard InChI is InChI=1S/C20H23FN4/c1-2-3-13-23-20-24-18-7-5-4-6-17(18)19(25-20)22-14-12-15-8-10-16(21)11-9-15/h4-11H,2-3,12-14H2,1H3,(H2,22,23,24,25). The summed E-state index contributed by atoms with van der Waals surface area (Å²) in [7, 11) is 0. The Morgan fingerprint density at radius 1 is 0.920 bits per heavy atom. The van der Waals surface area contributed by atoms with E-state index in [1.54, 1.807) is 0 Å². The van der Waals surface area contributed by atoms with Gasteiger partial charge in [-0.2, -0.15) is 4.98 Å². The molecule has 0 saturated carbocycles. The first-order valence-corrected chi connectivity index (χ1v) is 8.75. The minimum absolute atomic E-state index is 0.207. The fourth-order valence-electron chi connectivity index (χ4n) is 2.64. The highest BCUT2D eigenvalue weighted by atomic mass is 19.1. The summed E-state index contributed by atoms with van der Waals surface area (Å²) in [5.74, 6) is 1.27. The van der Waals surface area contributed by atoms with Crippen molar-refractivity contribution in [3.05, 3.63) is 59.9 Å². The maximum absolute atomic E-state index is 13.0. The molecule has 0 bridgehead atoms. The van der Waals surface area contributed by atoms with E-state index >= 15 is 0 Å². The molecule has 0 saturated heterocycles. The van der Waals surface area contributed by atoms with Gasteiger partial charge in [-0.15, -0.1) is 0 Å². The van der Waals surface area contributed by atoms with Crippen molar-refractivity contribution in [2.24, 2.45) is 0 Å². The number of nitrogens with zero attached hydrogens (tertiary/aromatic N) is 2. The van der Waals surface area contributed by atoms with Crippen molar-refractivity contribution in [2.75, 3.05) is 23.7 Å². The molecule has 0 aliphatic heterocycles. The molecule has 4 nitrogen and oxygen atoms in total. The third-order valence-corrected chi connectivity index (χ3v) is 4.04. The molecule has 0 atom stereocenters. The first kappa shape index (κ1) is 17.1. The highest BCUT2D eigenvalue weighted by molar-refractivity contribution is 5.90. The van der Waals surface area contributed by atoms with Crippen molar-refractivity contribution in [3.63, 3.8) is 0 Å². The number of benzene rings is 2. The van der Waals surface area contributed by atoms with Crippen LogP contribution in [0.2, 0.25) is 0 Å². The molecule has 25 heavy (non-hydrogen) atoms. The maximum atomic E-state index is 13.0. The van der Waals surface area contributed by atoms with Crippen LogP contribution in [0.4, 0.5) is 16.2 Å². The third-order valence-electron chi connectivity index (χ3n) is 4.04. The zero-order valence-electron chi connectivity index (χ0n) is 14.4. The van der Waals surface area contributed by atoms with Crippen molar-refractivity contribution >= 4 is 22.7 Å². The van der Waals surface area contributed by atoms with Gasteiger partial charge in [0.1, 0.15) is 11.6 Å². The van der Waals surface area contributed by atoms with Crippen LogP contribution in [-0.4, -0.2) is 23.1 Å². The lowest BCUT2D eigenvalue weighted by Gasteiger charge is -2.12. The van der Waals surface area contributed by atoms with Crippen molar-refractivity contribution in [1.82, 2.24) is 9.97 Å². The molecular formula is C20H23FN4. The fourth-order valence-corrected chi connectivity index (χ4v) is 2.64. The van der Waals surface area contributed by atoms with Crippen molar-refractivity contribution in [2.45, 2.75) is 26.2 Å². The van der Waals surface area contributed by atoms with Crippen LogP contribution >= 0.6 is 0 Å². The van der Waals surface area contributed by atoms with Crippen molar-refractivity contribution < 1.29 is 4.39 Å².